The molecule has 17 unspecified atom stereocenters. The zero-order valence-electron chi connectivity index (χ0n) is 70.5. The molecular weight excluding hydrogens is 1440 g/mol. The maximum Gasteiger partial charge on any atom is 0.220 e. The summed E-state index contributed by atoms with van der Waals surface area (Å²) in [7, 11) is 0. The van der Waals surface area contributed by atoms with Crippen molar-refractivity contribution < 1.29 is 89.4 Å². The molecule has 0 bridgehead atoms. The van der Waals surface area contributed by atoms with Gasteiger partial charge in [-0.15, -0.1) is 0 Å². The summed E-state index contributed by atoms with van der Waals surface area (Å²) in [6, 6.07) is -1.00. The lowest BCUT2D eigenvalue weighted by atomic mass is 9.96. The van der Waals surface area contributed by atoms with Crippen molar-refractivity contribution in [3.63, 3.8) is 0 Å². The number of carbonyl (C=O) groups excluding carboxylic acids is 1. The Morgan fingerprint density at radius 3 is 0.982 bits per heavy atom. The molecule has 0 aromatic rings. The summed E-state index contributed by atoms with van der Waals surface area (Å²) >= 11 is 0. The van der Waals surface area contributed by atoms with Gasteiger partial charge in [0.2, 0.25) is 5.91 Å². The molecule has 0 radical (unpaired) electrons. The van der Waals surface area contributed by atoms with Gasteiger partial charge < -0.3 is 89.9 Å². The van der Waals surface area contributed by atoms with Gasteiger partial charge >= 0.3 is 0 Å². The summed E-state index contributed by atoms with van der Waals surface area (Å²) in [6.45, 7) is 1.62. The monoisotopic (exact) mass is 1600 g/mol. The number of unbranched alkanes of at least 4 members (excludes halogenated alkanes) is 33. The van der Waals surface area contributed by atoms with Gasteiger partial charge in [0.05, 0.1) is 38.6 Å². The average molecular weight is 1610 g/mol. The second-order valence-electron chi connectivity index (χ2n) is 31.3. The van der Waals surface area contributed by atoms with Crippen molar-refractivity contribution in [3.05, 3.63) is 146 Å². The summed E-state index contributed by atoms with van der Waals surface area (Å²) in [5.74, 6) is -0.293. The van der Waals surface area contributed by atoms with Crippen LogP contribution in [0.25, 0.3) is 0 Å². The van der Waals surface area contributed by atoms with Crippen LogP contribution in [0.2, 0.25) is 0 Å². The molecule has 12 N–H and O–H groups in total. The molecule has 3 fully saturated rings. The molecule has 19 nitrogen and oxygen atoms in total. The number of hydrogen-bond donors (Lipinski definition) is 12. The van der Waals surface area contributed by atoms with Crippen LogP contribution >= 0.6 is 0 Å². The Bertz CT molecular complexity index is 2630. The highest BCUT2D eigenvalue weighted by molar-refractivity contribution is 5.76. The lowest BCUT2D eigenvalue weighted by Gasteiger charge is -2.48. The van der Waals surface area contributed by atoms with Crippen LogP contribution in [0, 0.1) is 0 Å². The minimum atomic E-state index is -1.99. The first-order chi connectivity index (χ1) is 55.8. The largest absolute Gasteiger partial charge is 0.394 e. The van der Waals surface area contributed by atoms with Crippen molar-refractivity contribution in [2.24, 2.45) is 0 Å². The van der Waals surface area contributed by atoms with E-state index in [0.717, 1.165) is 116 Å². The molecule has 3 aliphatic rings. The lowest BCUT2D eigenvalue weighted by Crippen LogP contribution is -2.66. The van der Waals surface area contributed by atoms with Gasteiger partial charge in [0.1, 0.15) is 73.2 Å². The number of aliphatic hydroxyl groups excluding tert-OH is 11. The number of carbonyl (C=O) groups is 1. The van der Waals surface area contributed by atoms with Crippen LogP contribution in [0.5, 0.6) is 0 Å². The molecule has 0 aromatic heterocycles. The van der Waals surface area contributed by atoms with E-state index in [1.807, 2.05) is 6.08 Å². The molecule has 0 aliphatic carbocycles. The highest BCUT2D eigenvalue weighted by Crippen LogP contribution is 2.33. The first-order valence-electron chi connectivity index (χ1n) is 45.1. The Labute approximate surface area is 689 Å². The maximum absolute atomic E-state index is 13.5. The van der Waals surface area contributed by atoms with Crippen molar-refractivity contribution in [3.8, 4) is 0 Å². The molecular formula is C95H161NO18. The van der Waals surface area contributed by atoms with Gasteiger partial charge in [-0.25, -0.2) is 0 Å². The highest BCUT2D eigenvalue weighted by atomic mass is 16.8. The third-order valence-electron chi connectivity index (χ3n) is 21.4. The summed E-state index contributed by atoms with van der Waals surface area (Å²) in [5, 5.41) is 121. The van der Waals surface area contributed by atoms with Crippen LogP contribution in [0.15, 0.2) is 146 Å². The summed E-state index contributed by atoms with van der Waals surface area (Å²) in [5.41, 5.74) is 0. The fraction of sp³-hybridized carbons (Fsp3) is 0.737. The average Bonchev–Trinajstić information content (AvgIpc) is 0.782. The third-order valence-corrected chi connectivity index (χ3v) is 21.4. The van der Waals surface area contributed by atoms with E-state index in [2.05, 4.69) is 153 Å². The Hall–Kier alpha value is -4.33. The Morgan fingerprint density at radius 2 is 0.614 bits per heavy atom. The minimum absolute atomic E-state index is 0.222. The smallest absolute Gasteiger partial charge is 0.220 e. The number of amides is 1. The number of ether oxygens (including phenoxy) is 6. The van der Waals surface area contributed by atoms with E-state index >= 15 is 0 Å². The van der Waals surface area contributed by atoms with Gasteiger partial charge in [0.25, 0.3) is 0 Å². The molecule has 3 rings (SSSR count). The molecule has 3 heterocycles. The molecule has 3 saturated heterocycles. The van der Waals surface area contributed by atoms with Crippen molar-refractivity contribution >= 4 is 5.91 Å². The van der Waals surface area contributed by atoms with Gasteiger partial charge in [-0.1, -0.05) is 346 Å². The second-order valence-corrected chi connectivity index (χ2v) is 31.3. The van der Waals surface area contributed by atoms with Crippen molar-refractivity contribution in [2.75, 3.05) is 26.4 Å². The van der Waals surface area contributed by atoms with Gasteiger partial charge in [0, 0.05) is 6.42 Å². The van der Waals surface area contributed by atoms with E-state index in [-0.39, 0.29) is 18.9 Å². The fourth-order valence-corrected chi connectivity index (χ4v) is 14.2. The predicted octanol–water partition coefficient (Wildman–Crippen LogP) is 17.3. The second kappa shape index (κ2) is 72.7. The van der Waals surface area contributed by atoms with Crippen molar-refractivity contribution in [1.29, 1.82) is 0 Å². The van der Waals surface area contributed by atoms with E-state index in [1.165, 1.54) is 167 Å². The highest BCUT2D eigenvalue weighted by Gasteiger charge is 2.54. The van der Waals surface area contributed by atoms with Crippen LogP contribution in [0.4, 0.5) is 0 Å². The number of rotatable bonds is 71. The Kier molecular flexibility index (Phi) is 66.2. The van der Waals surface area contributed by atoms with Crippen LogP contribution < -0.4 is 5.32 Å². The van der Waals surface area contributed by atoms with E-state index in [9.17, 15) is 61.0 Å². The summed E-state index contributed by atoms with van der Waals surface area (Å²) < 4.78 is 34.5. The predicted molar refractivity (Wildman–Crippen MR) is 461 cm³/mol. The molecule has 1 amide bonds. The van der Waals surface area contributed by atoms with E-state index in [4.69, 9.17) is 28.4 Å². The Morgan fingerprint density at radius 1 is 0.325 bits per heavy atom. The van der Waals surface area contributed by atoms with Crippen molar-refractivity contribution in [1.82, 2.24) is 5.32 Å². The maximum atomic E-state index is 13.5. The van der Waals surface area contributed by atoms with Crippen LogP contribution in [0.3, 0.4) is 0 Å². The zero-order chi connectivity index (χ0) is 82.4. The van der Waals surface area contributed by atoms with Gasteiger partial charge in [-0.05, 0) is 109 Å². The van der Waals surface area contributed by atoms with E-state index < -0.39 is 124 Å². The van der Waals surface area contributed by atoms with E-state index in [1.54, 1.807) is 6.08 Å². The van der Waals surface area contributed by atoms with E-state index in [0.29, 0.717) is 12.8 Å². The summed E-state index contributed by atoms with van der Waals surface area (Å²) in [4.78, 5) is 13.5. The molecule has 0 spiro atoms. The Balaban J connectivity index is 1.34. The van der Waals surface area contributed by atoms with Crippen molar-refractivity contribution in [2.45, 2.75) is 420 Å². The molecule has 114 heavy (non-hydrogen) atoms. The number of allylic oxidation sites excluding steroid dienone is 23. The number of aliphatic hydroxyl groups is 11. The quantitative estimate of drug-likeness (QED) is 0.0199. The fourth-order valence-electron chi connectivity index (χ4n) is 14.2. The first-order valence-corrected chi connectivity index (χ1v) is 45.1. The normalized spacial score (nSPS) is 25.4. The number of hydrogen-bond acceptors (Lipinski definition) is 18. The molecule has 654 valence electrons. The van der Waals surface area contributed by atoms with Crippen LogP contribution in [-0.4, -0.2) is 193 Å². The molecule has 19 heteroatoms. The molecule has 0 aromatic carbocycles. The van der Waals surface area contributed by atoms with Gasteiger partial charge in [-0.3, -0.25) is 4.79 Å². The number of nitrogens with one attached hydrogen (secondary N) is 1. The third kappa shape index (κ3) is 50.6. The zero-order valence-corrected chi connectivity index (χ0v) is 70.5. The molecule has 0 saturated carbocycles. The summed E-state index contributed by atoms with van der Waals surface area (Å²) in [6.07, 6.45) is 79.9. The SMILES string of the molecule is CC/C=C\C/C=C\C/C=C\C/C=C\C/C=C\C/C=C\C/C=C\C/C=C\C/C=C\C/C=C\CCCCCCCCCCCCC(=O)NC(COC1OC(CO)C(OC2OC(CO)C(OC3OC(CO)C(O)C(O)C3O)C(O)C2O)C(O)C1O)C(O)/C=C/CC/C=C/CCCCCCCCCCCCCCCCCCCCCCCC. The molecule has 17 atom stereocenters. The van der Waals surface area contributed by atoms with Crippen LogP contribution in [-0.2, 0) is 33.2 Å². The topological polar surface area (TPSA) is 307 Å². The van der Waals surface area contributed by atoms with Gasteiger partial charge in [-0.2, -0.15) is 0 Å². The van der Waals surface area contributed by atoms with Crippen LogP contribution in [0.1, 0.15) is 316 Å². The first kappa shape index (κ1) is 104. The standard InChI is InChI=1S/C95H161NO18/c1-3-5-7-9-11-13-15-17-19-21-23-25-27-29-31-33-34-35-36-37-38-39-40-41-42-43-44-45-47-49-51-53-55-57-59-61-63-65-67-69-71-73-83(101)96-78(79(100)72-70-68-66-64-62-60-58-56-54-52-50-48-46-32-30-28-26-24-22-20-18-16-14-12-10-8-6-4-2)77-109-93-89(107)86(104)91(81(75-98)111-93)114-95-90(108)87(105)92(82(76-99)112-95)113-94-88(106)85(103)84(102)80(74-97)110-94/h5,7,11,13,17,19,23,25,29,31,34-35,37-38,40-41,43-44,47,49,62,64,70,72,78-82,84-95,97-100,102-108H,3-4,6,8-10,12,14-16,18,20-22,24,26-28,30,32-33,36,39,42,45-46,48,50-61,63,65-69,71,73-77H2,1-2H3,(H,96,101)/b7-5-,13-11-,19-17-,25-23-,31-29-,35-34-,38-37-,41-40-,44-43-,49-47-,64-62+,72-70+. The lowest BCUT2D eigenvalue weighted by molar-refractivity contribution is -0.379. The van der Waals surface area contributed by atoms with Gasteiger partial charge in [0.15, 0.2) is 18.9 Å². The minimum Gasteiger partial charge on any atom is -0.394 e. The molecule has 3 aliphatic heterocycles.